The van der Waals surface area contributed by atoms with E-state index in [1.165, 1.54) is 0 Å². The third kappa shape index (κ3) is 5.02. The van der Waals surface area contributed by atoms with E-state index in [-0.39, 0.29) is 22.8 Å². The van der Waals surface area contributed by atoms with Gasteiger partial charge in [0.25, 0.3) is 0 Å². The fourth-order valence-electron chi connectivity index (χ4n) is 4.47. The number of carbonyl (C=O) groups excluding carboxylic acids is 2. The molecule has 2 aromatic rings. The van der Waals surface area contributed by atoms with Gasteiger partial charge in [0.1, 0.15) is 6.04 Å². The molecule has 170 valence electrons. The van der Waals surface area contributed by atoms with Gasteiger partial charge in [-0.1, -0.05) is 48.5 Å². The number of nitrogens with one attached hydrogen (secondary N) is 1. The standard InChI is InChI=1S/C24H29N3O4S/c28-22-13-7-8-16-27(22)23(19-9-3-1-4-10-19)24(29)26-17-14-20(15-18-26)25-32(30,31)21-11-5-2-6-12-21/h1-6,9-12,20,23,25H,7-8,13-18H2. The lowest BCUT2D eigenvalue weighted by molar-refractivity contribution is -0.148. The third-order valence-electron chi connectivity index (χ3n) is 6.20. The Kier molecular flexibility index (Phi) is 6.91. The molecule has 2 saturated heterocycles. The zero-order valence-corrected chi connectivity index (χ0v) is 18.8. The highest BCUT2D eigenvalue weighted by Gasteiger charge is 2.37. The first kappa shape index (κ1) is 22.5. The van der Waals surface area contributed by atoms with Crippen LogP contribution in [0.15, 0.2) is 65.6 Å². The summed E-state index contributed by atoms with van der Waals surface area (Å²) in [6.07, 6.45) is 3.30. The maximum absolute atomic E-state index is 13.6. The van der Waals surface area contributed by atoms with Gasteiger partial charge in [0.15, 0.2) is 0 Å². The largest absolute Gasteiger partial charge is 0.340 e. The van der Waals surface area contributed by atoms with Crippen molar-refractivity contribution in [2.75, 3.05) is 19.6 Å². The maximum atomic E-state index is 13.6. The predicted octanol–water partition coefficient (Wildman–Crippen LogP) is 2.71. The van der Waals surface area contributed by atoms with Crippen LogP contribution in [0.25, 0.3) is 0 Å². The summed E-state index contributed by atoms with van der Waals surface area (Å²) in [6.45, 7) is 1.48. The lowest BCUT2D eigenvalue weighted by Gasteiger charge is -2.39. The van der Waals surface area contributed by atoms with E-state index in [0.29, 0.717) is 38.9 Å². The first-order valence-electron chi connectivity index (χ1n) is 11.2. The molecule has 1 unspecified atom stereocenters. The van der Waals surface area contributed by atoms with Crippen LogP contribution in [0.2, 0.25) is 0 Å². The van der Waals surface area contributed by atoms with Crippen LogP contribution in [-0.2, 0) is 19.6 Å². The summed E-state index contributed by atoms with van der Waals surface area (Å²) in [7, 11) is -3.59. The average molecular weight is 456 g/mol. The minimum absolute atomic E-state index is 0.0176. The van der Waals surface area contributed by atoms with E-state index in [2.05, 4.69) is 4.72 Å². The summed E-state index contributed by atoms with van der Waals surface area (Å²) in [5, 5.41) is 0. The van der Waals surface area contributed by atoms with Gasteiger partial charge in [-0.25, -0.2) is 13.1 Å². The van der Waals surface area contributed by atoms with E-state index in [1.807, 2.05) is 30.3 Å². The van der Waals surface area contributed by atoms with Crippen molar-refractivity contribution < 1.29 is 18.0 Å². The molecule has 0 aliphatic carbocycles. The van der Waals surface area contributed by atoms with Crippen LogP contribution in [0.3, 0.4) is 0 Å². The molecule has 0 radical (unpaired) electrons. The molecular formula is C24H29N3O4S. The first-order chi connectivity index (χ1) is 15.5. The fraction of sp³-hybridized carbons (Fsp3) is 0.417. The van der Waals surface area contributed by atoms with Crippen molar-refractivity contribution in [1.29, 1.82) is 0 Å². The number of likely N-dealkylation sites (tertiary alicyclic amines) is 2. The number of piperidine rings is 2. The summed E-state index contributed by atoms with van der Waals surface area (Å²) in [5.41, 5.74) is 0.819. The Morgan fingerprint density at radius 3 is 2.16 bits per heavy atom. The number of carbonyl (C=O) groups is 2. The topological polar surface area (TPSA) is 86.8 Å². The van der Waals surface area contributed by atoms with Crippen LogP contribution < -0.4 is 4.72 Å². The highest BCUT2D eigenvalue weighted by molar-refractivity contribution is 7.89. The molecule has 2 aliphatic heterocycles. The minimum Gasteiger partial charge on any atom is -0.340 e. The lowest BCUT2D eigenvalue weighted by Crippen LogP contribution is -2.51. The van der Waals surface area contributed by atoms with E-state index in [9.17, 15) is 18.0 Å². The van der Waals surface area contributed by atoms with E-state index in [1.54, 1.807) is 40.1 Å². The molecule has 2 aliphatic rings. The number of rotatable bonds is 6. The van der Waals surface area contributed by atoms with Crippen LogP contribution in [0.1, 0.15) is 43.7 Å². The highest BCUT2D eigenvalue weighted by atomic mass is 32.2. The Morgan fingerprint density at radius 1 is 0.906 bits per heavy atom. The van der Waals surface area contributed by atoms with Crippen molar-refractivity contribution >= 4 is 21.8 Å². The van der Waals surface area contributed by atoms with Crippen molar-refractivity contribution in [3.8, 4) is 0 Å². The average Bonchev–Trinajstić information content (AvgIpc) is 2.82. The Bertz CT molecular complexity index is 1040. The zero-order valence-electron chi connectivity index (χ0n) is 18.0. The number of amides is 2. The number of sulfonamides is 1. The van der Waals surface area contributed by atoms with Crippen molar-refractivity contribution in [3.05, 3.63) is 66.2 Å². The second-order valence-corrected chi connectivity index (χ2v) is 10.1. The van der Waals surface area contributed by atoms with E-state index in [0.717, 1.165) is 18.4 Å². The van der Waals surface area contributed by atoms with Gasteiger partial charge in [-0.2, -0.15) is 0 Å². The van der Waals surface area contributed by atoms with E-state index < -0.39 is 16.1 Å². The molecule has 2 fully saturated rings. The quantitative estimate of drug-likeness (QED) is 0.726. The van der Waals surface area contributed by atoms with Crippen molar-refractivity contribution in [2.24, 2.45) is 0 Å². The molecule has 8 heteroatoms. The van der Waals surface area contributed by atoms with Crippen LogP contribution in [0.5, 0.6) is 0 Å². The molecule has 7 nitrogen and oxygen atoms in total. The van der Waals surface area contributed by atoms with Crippen molar-refractivity contribution in [3.63, 3.8) is 0 Å². The van der Waals surface area contributed by atoms with Gasteiger partial charge in [0.05, 0.1) is 4.90 Å². The van der Waals surface area contributed by atoms with Gasteiger partial charge < -0.3 is 9.80 Å². The minimum atomic E-state index is -3.59. The third-order valence-corrected chi connectivity index (χ3v) is 7.74. The summed E-state index contributed by atoms with van der Waals surface area (Å²) < 4.78 is 28.0. The Morgan fingerprint density at radius 2 is 1.53 bits per heavy atom. The number of hydrogen-bond donors (Lipinski definition) is 1. The molecule has 2 aromatic carbocycles. The Labute approximate surface area is 189 Å². The highest BCUT2D eigenvalue weighted by Crippen LogP contribution is 2.29. The molecule has 4 rings (SSSR count). The normalized spacial score (nSPS) is 19.1. The molecule has 32 heavy (non-hydrogen) atoms. The molecule has 0 spiro atoms. The zero-order chi connectivity index (χ0) is 22.6. The molecule has 0 bridgehead atoms. The van der Waals surface area contributed by atoms with Gasteiger partial charge in [-0.3, -0.25) is 9.59 Å². The van der Waals surface area contributed by atoms with Crippen LogP contribution in [0, 0.1) is 0 Å². The summed E-state index contributed by atoms with van der Waals surface area (Å²) in [4.78, 5) is 29.9. The summed E-state index contributed by atoms with van der Waals surface area (Å²) in [6, 6.07) is 16.9. The molecule has 1 N–H and O–H groups in total. The molecule has 0 saturated carbocycles. The lowest BCUT2D eigenvalue weighted by atomic mass is 9.98. The van der Waals surface area contributed by atoms with E-state index >= 15 is 0 Å². The first-order valence-corrected chi connectivity index (χ1v) is 12.6. The van der Waals surface area contributed by atoms with Gasteiger partial charge >= 0.3 is 0 Å². The molecule has 2 amide bonds. The Hall–Kier alpha value is -2.71. The second kappa shape index (κ2) is 9.83. The smallest absolute Gasteiger partial charge is 0.250 e. The van der Waals surface area contributed by atoms with Crippen molar-refractivity contribution in [1.82, 2.24) is 14.5 Å². The fourth-order valence-corrected chi connectivity index (χ4v) is 5.79. The molecule has 2 heterocycles. The number of nitrogens with zero attached hydrogens (tertiary/aromatic N) is 2. The van der Waals surface area contributed by atoms with Gasteiger partial charge in [-0.15, -0.1) is 0 Å². The molecular weight excluding hydrogens is 426 g/mol. The number of hydrogen-bond acceptors (Lipinski definition) is 4. The van der Waals surface area contributed by atoms with Gasteiger partial charge in [0.2, 0.25) is 21.8 Å². The monoisotopic (exact) mass is 455 g/mol. The number of benzene rings is 2. The van der Waals surface area contributed by atoms with Gasteiger partial charge in [-0.05, 0) is 43.4 Å². The van der Waals surface area contributed by atoms with Crippen LogP contribution in [-0.4, -0.2) is 55.7 Å². The molecule has 1 atom stereocenters. The summed E-state index contributed by atoms with van der Waals surface area (Å²) in [5.74, 6) is -0.0697. The van der Waals surface area contributed by atoms with Crippen LogP contribution >= 0.6 is 0 Å². The maximum Gasteiger partial charge on any atom is 0.250 e. The second-order valence-electron chi connectivity index (χ2n) is 8.39. The molecule has 0 aromatic heterocycles. The van der Waals surface area contributed by atoms with Gasteiger partial charge in [0, 0.05) is 32.1 Å². The van der Waals surface area contributed by atoms with Crippen LogP contribution in [0.4, 0.5) is 0 Å². The summed E-state index contributed by atoms with van der Waals surface area (Å²) >= 11 is 0. The Balaban J connectivity index is 1.44. The SMILES string of the molecule is O=C(C(c1ccccc1)N1CCCCC1=O)N1CCC(NS(=O)(=O)c2ccccc2)CC1. The predicted molar refractivity (Wildman–Crippen MR) is 121 cm³/mol. The van der Waals surface area contributed by atoms with Crippen molar-refractivity contribution in [2.45, 2.75) is 49.1 Å². The van der Waals surface area contributed by atoms with E-state index in [4.69, 9.17) is 0 Å².